The summed E-state index contributed by atoms with van der Waals surface area (Å²) >= 11 is 0. The monoisotopic (exact) mass is 505 g/mol. The molecule has 0 aliphatic heterocycles. The van der Waals surface area contributed by atoms with Gasteiger partial charge in [0.05, 0.1) is 40.7 Å². The van der Waals surface area contributed by atoms with Crippen LogP contribution in [0.3, 0.4) is 0 Å². The number of amides is 1. The van der Waals surface area contributed by atoms with Crippen molar-refractivity contribution in [3.05, 3.63) is 79.1 Å². The highest BCUT2D eigenvalue weighted by Crippen LogP contribution is 2.34. The van der Waals surface area contributed by atoms with Crippen LogP contribution in [0.15, 0.2) is 73.3 Å². The molecule has 0 aliphatic rings. The SMILES string of the molecule is CC(C)CC(=O)Nc1cncc(-c2cc3c(-c4cc5c(-c6ccccc6F)nccc5[nH]4)n[nH]c3cn2)c1. The fourth-order valence-electron chi connectivity index (χ4n) is 4.56. The number of rotatable bonds is 6. The number of pyridine rings is 3. The minimum absolute atomic E-state index is 0.0532. The predicted molar refractivity (Wildman–Crippen MR) is 146 cm³/mol. The van der Waals surface area contributed by atoms with Crippen LogP contribution in [0.4, 0.5) is 10.1 Å². The summed E-state index contributed by atoms with van der Waals surface area (Å²) in [5.74, 6) is -0.118. The molecular weight excluding hydrogens is 481 g/mol. The van der Waals surface area contributed by atoms with Crippen LogP contribution in [0.5, 0.6) is 0 Å². The Balaban J connectivity index is 1.39. The smallest absolute Gasteiger partial charge is 0.224 e. The zero-order chi connectivity index (χ0) is 26.2. The Hall–Kier alpha value is -4.92. The molecule has 8 nitrogen and oxygen atoms in total. The van der Waals surface area contributed by atoms with E-state index in [2.05, 4.69) is 35.5 Å². The first-order chi connectivity index (χ1) is 18.5. The number of halogens is 1. The van der Waals surface area contributed by atoms with Crippen molar-refractivity contribution >= 4 is 33.4 Å². The molecule has 38 heavy (non-hydrogen) atoms. The van der Waals surface area contributed by atoms with E-state index in [1.54, 1.807) is 43.0 Å². The van der Waals surface area contributed by atoms with Crippen LogP contribution in [0.25, 0.3) is 55.7 Å². The zero-order valence-electron chi connectivity index (χ0n) is 20.8. The minimum Gasteiger partial charge on any atom is -0.353 e. The number of aromatic nitrogens is 6. The third-order valence-corrected chi connectivity index (χ3v) is 6.29. The van der Waals surface area contributed by atoms with Gasteiger partial charge in [0, 0.05) is 46.2 Å². The molecule has 0 radical (unpaired) electrons. The number of H-pyrrole nitrogens is 2. The number of aromatic amines is 2. The molecule has 6 aromatic rings. The average Bonchev–Trinajstić information content (AvgIpc) is 3.52. The lowest BCUT2D eigenvalue weighted by Gasteiger charge is -2.08. The molecule has 0 saturated carbocycles. The fourth-order valence-corrected chi connectivity index (χ4v) is 4.56. The van der Waals surface area contributed by atoms with Gasteiger partial charge in [-0.15, -0.1) is 0 Å². The van der Waals surface area contributed by atoms with Crippen molar-refractivity contribution in [1.82, 2.24) is 30.1 Å². The van der Waals surface area contributed by atoms with E-state index in [9.17, 15) is 9.18 Å². The summed E-state index contributed by atoms with van der Waals surface area (Å²) in [6.07, 6.45) is 7.15. The summed E-state index contributed by atoms with van der Waals surface area (Å²) in [5, 5.41) is 12.1. The number of nitrogens with one attached hydrogen (secondary N) is 3. The van der Waals surface area contributed by atoms with Crippen LogP contribution in [0, 0.1) is 11.7 Å². The van der Waals surface area contributed by atoms with Crippen LogP contribution in [-0.2, 0) is 4.79 Å². The normalized spacial score (nSPS) is 11.5. The van der Waals surface area contributed by atoms with E-state index < -0.39 is 0 Å². The zero-order valence-corrected chi connectivity index (χ0v) is 20.8. The molecule has 5 heterocycles. The number of fused-ring (bicyclic) bond motifs is 2. The second-order valence-electron chi connectivity index (χ2n) is 9.58. The molecule has 5 aromatic heterocycles. The van der Waals surface area contributed by atoms with Gasteiger partial charge in [0.1, 0.15) is 11.5 Å². The highest BCUT2D eigenvalue weighted by molar-refractivity contribution is 6.00. The molecule has 9 heteroatoms. The van der Waals surface area contributed by atoms with Crippen molar-refractivity contribution in [2.45, 2.75) is 20.3 Å². The van der Waals surface area contributed by atoms with Crippen LogP contribution in [-0.4, -0.2) is 36.0 Å². The number of hydrogen-bond donors (Lipinski definition) is 3. The van der Waals surface area contributed by atoms with Crippen LogP contribution >= 0.6 is 0 Å². The molecule has 0 bridgehead atoms. The van der Waals surface area contributed by atoms with Crippen molar-refractivity contribution in [3.8, 4) is 33.9 Å². The molecule has 1 amide bonds. The van der Waals surface area contributed by atoms with E-state index in [0.29, 0.717) is 34.8 Å². The van der Waals surface area contributed by atoms with Crippen LogP contribution < -0.4 is 5.32 Å². The highest BCUT2D eigenvalue weighted by Gasteiger charge is 2.17. The Morgan fingerprint density at radius 1 is 0.974 bits per heavy atom. The minimum atomic E-state index is -0.326. The van der Waals surface area contributed by atoms with Gasteiger partial charge in [0.25, 0.3) is 0 Å². The second-order valence-corrected chi connectivity index (χ2v) is 9.58. The summed E-state index contributed by atoms with van der Waals surface area (Å²) in [6.45, 7) is 4.00. The quantitative estimate of drug-likeness (QED) is 0.244. The lowest BCUT2D eigenvalue weighted by molar-refractivity contribution is -0.116. The molecule has 3 N–H and O–H groups in total. The molecule has 0 aliphatic carbocycles. The van der Waals surface area contributed by atoms with Crippen LogP contribution in [0.1, 0.15) is 20.3 Å². The van der Waals surface area contributed by atoms with Gasteiger partial charge < -0.3 is 10.3 Å². The summed E-state index contributed by atoms with van der Waals surface area (Å²) in [4.78, 5) is 28.9. The highest BCUT2D eigenvalue weighted by atomic mass is 19.1. The molecular formula is C29H24FN7O. The molecule has 0 saturated heterocycles. The topological polar surface area (TPSA) is 112 Å². The van der Waals surface area contributed by atoms with E-state index in [-0.39, 0.29) is 17.6 Å². The Morgan fingerprint density at radius 2 is 1.82 bits per heavy atom. The Bertz CT molecular complexity index is 1800. The van der Waals surface area contributed by atoms with E-state index in [1.807, 2.05) is 38.1 Å². The summed E-state index contributed by atoms with van der Waals surface area (Å²) in [7, 11) is 0. The van der Waals surface area contributed by atoms with Gasteiger partial charge in [-0.25, -0.2) is 4.39 Å². The summed E-state index contributed by atoms with van der Waals surface area (Å²) in [5.41, 5.74) is 6.14. The molecule has 0 unspecified atom stereocenters. The molecule has 1 aromatic carbocycles. The summed E-state index contributed by atoms with van der Waals surface area (Å²) in [6, 6.07) is 14.2. The van der Waals surface area contributed by atoms with Crippen molar-refractivity contribution in [2.75, 3.05) is 5.32 Å². The van der Waals surface area contributed by atoms with Gasteiger partial charge in [-0.3, -0.25) is 24.8 Å². The molecule has 0 spiro atoms. The Kier molecular flexibility index (Phi) is 5.88. The predicted octanol–water partition coefficient (Wildman–Crippen LogP) is 6.35. The van der Waals surface area contributed by atoms with Gasteiger partial charge in [-0.1, -0.05) is 26.0 Å². The number of anilines is 1. The van der Waals surface area contributed by atoms with Gasteiger partial charge in [-0.05, 0) is 42.3 Å². The first-order valence-corrected chi connectivity index (χ1v) is 12.3. The maximum atomic E-state index is 14.5. The first-order valence-electron chi connectivity index (χ1n) is 12.3. The van der Waals surface area contributed by atoms with Crippen molar-refractivity contribution in [2.24, 2.45) is 5.92 Å². The lowest BCUT2D eigenvalue weighted by Crippen LogP contribution is -2.13. The van der Waals surface area contributed by atoms with Gasteiger partial charge >= 0.3 is 0 Å². The average molecular weight is 506 g/mol. The standard InChI is InChI=1S/C29H24FN7O/c1-16(2)9-27(38)34-18-10-17(13-31-14-18)24-11-21-26(15-33-24)36-37-29(21)25-12-20-23(35-25)7-8-32-28(20)19-5-3-4-6-22(19)30/h3-8,10-16,35H,9H2,1-2H3,(H,34,38)(H,36,37). The fraction of sp³-hybridized carbons (Fsp3) is 0.138. The first kappa shape index (κ1) is 23.5. The van der Waals surface area contributed by atoms with Gasteiger partial charge in [0.2, 0.25) is 5.91 Å². The number of carbonyl (C=O) groups is 1. The maximum Gasteiger partial charge on any atom is 0.224 e. The van der Waals surface area contributed by atoms with Gasteiger partial charge in [-0.2, -0.15) is 5.10 Å². The molecule has 0 fully saturated rings. The maximum absolute atomic E-state index is 14.5. The third kappa shape index (κ3) is 4.39. The second kappa shape index (κ2) is 9.51. The van der Waals surface area contributed by atoms with Crippen molar-refractivity contribution in [1.29, 1.82) is 0 Å². The Labute approximate surface area is 217 Å². The van der Waals surface area contributed by atoms with Crippen molar-refractivity contribution < 1.29 is 9.18 Å². The molecule has 188 valence electrons. The van der Waals surface area contributed by atoms with E-state index >= 15 is 0 Å². The van der Waals surface area contributed by atoms with E-state index in [4.69, 9.17) is 0 Å². The number of hydrogen-bond acceptors (Lipinski definition) is 5. The van der Waals surface area contributed by atoms with Gasteiger partial charge in [0.15, 0.2) is 0 Å². The van der Waals surface area contributed by atoms with Crippen LogP contribution in [0.2, 0.25) is 0 Å². The molecule has 6 rings (SSSR count). The molecule has 0 atom stereocenters. The largest absolute Gasteiger partial charge is 0.353 e. The van der Waals surface area contributed by atoms with Crippen molar-refractivity contribution in [3.63, 3.8) is 0 Å². The number of nitrogens with zero attached hydrogens (tertiary/aromatic N) is 4. The van der Waals surface area contributed by atoms with E-state index in [0.717, 1.165) is 33.1 Å². The lowest BCUT2D eigenvalue weighted by atomic mass is 10.1. The number of benzene rings is 1. The summed E-state index contributed by atoms with van der Waals surface area (Å²) < 4.78 is 14.5. The number of carbonyl (C=O) groups excluding carboxylic acids is 1. The van der Waals surface area contributed by atoms with E-state index in [1.165, 1.54) is 6.07 Å². The Morgan fingerprint density at radius 3 is 2.66 bits per heavy atom. The third-order valence-electron chi connectivity index (χ3n) is 6.29.